The van der Waals surface area contributed by atoms with Gasteiger partial charge in [0.05, 0.1) is 27.0 Å². The van der Waals surface area contributed by atoms with E-state index < -0.39 is 17.4 Å². The molecule has 0 radical (unpaired) electrons. The van der Waals surface area contributed by atoms with Crippen LogP contribution < -0.4 is 29.5 Å². The second kappa shape index (κ2) is 11.7. The summed E-state index contributed by atoms with van der Waals surface area (Å²) in [6.45, 7) is 0.238. The Morgan fingerprint density at radius 2 is 1.80 bits per heavy atom. The molecule has 1 heterocycles. The molecule has 3 rings (SSSR count). The maximum atomic E-state index is 13.1. The van der Waals surface area contributed by atoms with Crippen LogP contribution in [0.2, 0.25) is 0 Å². The fourth-order valence-corrected chi connectivity index (χ4v) is 4.33. The molecule has 2 aromatic carbocycles. The first-order valence-electron chi connectivity index (χ1n) is 10.4. The molecule has 0 aliphatic rings. The highest BCUT2D eigenvalue weighted by Gasteiger charge is 2.17. The highest BCUT2D eigenvalue weighted by molar-refractivity contribution is 7.07. The number of thiazole rings is 1. The van der Waals surface area contributed by atoms with Gasteiger partial charge in [-0.2, -0.15) is 5.26 Å². The predicted octanol–water partition coefficient (Wildman–Crippen LogP) is 0.903. The number of aromatic nitrogens is 1. The first-order valence-corrected chi connectivity index (χ1v) is 11.3. The number of rotatable bonds is 8. The fraction of sp³-hybridized carbons (Fsp3) is 0.200. The summed E-state index contributed by atoms with van der Waals surface area (Å²) in [7, 11) is 4.28. The number of carbonyl (C=O) groups excluding carboxylic acids is 2. The zero-order chi connectivity index (χ0) is 25.4. The van der Waals surface area contributed by atoms with Crippen LogP contribution in [0.15, 0.2) is 53.3 Å². The van der Waals surface area contributed by atoms with Crippen LogP contribution in [0.3, 0.4) is 0 Å². The molecular weight excluding hydrogens is 470 g/mol. The Kier molecular flexibility index (Phi) is 8.43. The van der Waals surface area contributed by atoms with Gasteiger partial charge < -0.3 is 19.5 Å². The Morgan fingerprint density at radius 3 is 2.43 bits per heavy atom. The van der Waals surface area contributed by atoms with Crippen molar-refractivity contribution in [1.29, 1.82) is 5.26 Å². The van der Waals surface area contributed by atoms with E-state index in [9.17, 15) is 19.6 Å². The van der Waals surface area contributed by atoms with Crippen LogP contribution in [-0.4, -0.2) is 44.3 Å². The predicted molar refractivity (Wildman–Crippen MR) is 131 cm³/mol. The second-order valence-corrected chi connectivity index (χ2v) is 8.13. The molecule has 35 heavy (non-hydrogen) atoms. The van der Waals surface area contributed by atoms with Gasteiger partial charge in [0.1, 0.15) is 15.3 Å². The summed E-state index contributed by atoms with van der Waals surface area (Å²) in [6, 6.07) is 15.9. The molecule has 9 nitrogen and oxygen atoms in total. The number of hydrogen-bond donors (Lipinski definition) is 1. The van der Waals surface area contributed by atoms with E-state index in [1.807, 2.05) is 12.1 Å². The van der Waals surface area contributed by atoms with Crippen LogP contribution in [0, 0.1) is 11.3 Å². The van der Waals surface area contributed by atoms with Gasteiger partial charge in [-0.15, -0.1) is 11.3 Å². The third-order valence-electron chi connectivity index (χ3n) is 4.99. The first kappa shape index (κ1) is 25.3. The summed E-state index contributed by atoms with van der Waals surface area (Å²) >= 11 is 0.868. The number of methoxy groups -OCH3 is 3. The van der Waals surface area contributed by atoms with E-state index in [-0.39, 0.29) is 21.3 Å². The average molecular weight is 494 g/mol. The molecule has 0 saturated carbocycles. The van der Waals surface area contributed by atoms with Gasteiger partial charge in [-0.3, -0.25) is 14.2 Å². The smallest absolute Gasteiger partial charge is 0.332 e. The third kappa shape index (κ3) is 5.77. The van der Waals surface area contributed by atoms with Crippen molar-refractivity contribution in [3.63, 3.8) is 0 Å². The van der Waals surface area contributed by atoms with Gasteiger partial charge >= 0.3 is 5.97 Å². The molecule has 1 aromatic heterocycles. The molecule has 0 aliphatic carbocycles. The van der Waals surface area contributed by atoms with E-state index in [0.717, 1.165) is 23.0 Å². The van der Waals surface area contributed by atoms with E-state index >= 15 is 0 Å². The van der Waals surface area contributed by atoms with Crippen LogP contribution >= 0.6 is 11.3 Å². The summed E-state index contributed by atoms with van der Waals surface area (Å²) in [5.74, 6) is -0.187. The number of nitrogens with one attached hydrogen (secondary N) is 1. The van der Waals surface area contributed by atoms with Gasteiger partial charge in [-0.05, 0) is 36.2 Å². The van der Waals surface area contributed by atoms with E-state index in [1.54, 1.807) is 49.6 Å². The van der Waals surface area contributed by atoms with Crippen molar-refractivity contribution in [1.82, 2.24) is 9.88 Å². The molecule has 0 spiro atoms. The van der Waals surface area contributed by atoms with E-state index in [4.69, 9.17) is 9.47 Å². The molecule has 0 unspecified atom stereocenters. The number of carbonyl (C=O) groups is 2. The number of esters is 1. The van der Waals surface area contributed by atoms with Crippen LogP contribution in [0.4, 0.5) is 0 Å². The van der Waals surface area contributed by atoms with Crippen LogP contribution in [-0.2, 0) is 20.7 Å². The van der Waals surface area contributed by atoms with Gasteiger partial charge in [0.25, 0.3) is 11.5 Å². The molecule has 0 bridgehead atoms. The SMILES string of the molecule is COC(=O)/C=c1/s/c(=C(\C#N)C(=O)NCCc2ccc(OC)c(OC)c2)n(-c2ccccc2)c1=O. The van der Waals surface area contributed by atoms with Crippen molar-refractivity contribution in [2.45, 2.75) is 6.42 Å². The standard InChI is InChI=1S/C25H23N3O6S/c1-32-19-10-9-16(13-20(19)33-2)11-12-27-23(30)18(15-26)25-28(17-7-5-4-6-8-17)24(31)21(35-25)14-22(29)34-3/h4-10,13-14H,11-12H2,1-3H3,(H,27,30)/b21-14+,25-18+. The topological polar surface area (TPSA) is 120 Å². The number of para-hydroxylation sites is 1. The number of benzene rings is 2. The van der Waals surface area contributed by atoms with E-state index in [2.05, 4.69) is 10.1 Å². The summed E-state index contributed by atoms with van der Waals surface area (Å²) in [5, 5.41) is 12.5. The summed E-state index contributed by atoms with van der Waals surface area (Å²) in [5.41, 5.74) is 0.577. The highest BCUT2D eigenvalue weighted by Crippen LogP contribution is 2.27. The molecule has 0 aliphatic heterocycles. The fourth-order valence-electron chi connectivity index (χ4n) is 3.27. The first-order chi connectivity index (χ1) is 16.9. The van der Waals surface area contributed by atoms with Crippen molar-refractivity contribution >= 4 is 34.9 Å². The molecule has 1 amide bonds. The van der Waals surface area contributed by atoms with Crippen LogP contribution in [0.25, 0.3) is 17.3 Å². The molecule has 10 heteroatoms. The largest absolute Gasteiger partial charge is 0.493 e. The monoisotopic (exact) mass is 493 g/mol. The Bertz CT molecular complexity index is 1450. The zero-order valence-corrected chi connectivity index (χ0v) is 20.2. The lowest BCUT2D eigenvalue weighted by atomic mass is 10.1. The Balaban J connectivity index is 1.97. The number of amides is 1. The number of nitriles is 1. The van der Waals surface area contributed by atoms with Gasteiger partial charge in [-0.25, -0.2) is 4.79 Å². The number of ether oxygens (including phenoxy) is 3. The van der Waals surface area contributed by atoms with Crippen molar-refractivity contribution in [3.8, 4) is 23.3 Å². The van der Waals surface area contributed by atoms with Gasteiger partial charge in [0.15, 0.2) is 17.1 Å². The minimum absolute atomic E-state index is 0.0431. The van der Waals surface area contributed by atoms with Crippen molar-refractivity contribution in [3.05, 3.63) is 73.6 Å². The zero-order valence-electron chi connectivity index (χ0n) is 19.4. The normalized spacial score (nSPS) is 11.9. The molecule has 0 fully saturated rings. The van der Waals surface area contributed by atoms with Crippen LogP contribution in [0.5, 0.6) is 11.5 Å². The Labute approximate surface area is 205 Å². The third-order valence-corrected chi connectivity index (χ3v) is 6.08. The summed E-state index contributed by atoms with van der Waals surface area (Å²) < 4.78 is 16.5. The average Bonchev–Trinajstić information content (AvgIpc) is 3.19. The molecule has 1 N–H and O–H groups in total. The molecule has 180 valence electrons. The lowest BCUT2D eigenvalue weighted by molar-refractivity contribution is -0.133. The Morgan fingerprint density at radius 1 is 1.09 bits per heavy atom. The molecular formula is C25H23N3O6S. The highest BCUT2D eigenvalue weighted by atomic mass is 32.1. The maximum absolute atomic E-state index is 13.1. The minimum Gasteiger partial charge on any atom is -0.493 e. The van der Waals surface area contributed by atoms with Gasteiger partial charge in [0, 0.05) is 12.6 Å². The minimum atomic E-state index is -0.715. The van der Waals surface area contributed by atoms with Crippen molar-refractivity contribution in [2.75, 3.05) is 27.9 Å². The van der Waals surface area contributed by atoms with E-state index in [0.29, 0.717) is 23.6 Å². The van der Waals surface area contributed by atoms with Gasteiger partial charge in [0.2, 0.25) is 0 Å². The van der Waals surface area contributed by atoms with E-state index in [1.165, 1.54) is 18.8 Å². The maximum Gasteiger partial charge on any atom is 0.332 e. The molecule has 3 aromatic rings. The number of nitrogens with zero attached hydrogens (tertiary/aromatic N) is 2. The molecule has 0 atom stereocenters. The van der Waals surface area contributed by atoms with Crippen molar-refractivity contribution < 1.29 is 23.8 Å². The summed E-state index contributed by atoms with van der Waals surface area (Å²) in [4.78, 5) is 37.7. The quantitative estimate of drug-likeness (QED) is 0.463. The van der Waals surface area contributed by atoms with Crippen LogP contribution in [0.1, 0.15) is 5.56 Å². The lowest BCUT2D eigenvalue weighted by Crippen LogP contribution is -2.34. The summed E-state index contributed by atoms with van der Waals surface area (Å²) in [6.07, 6.45) is 1.52. The lowest BCUT2D eigenvalue weighted by Gasteiger charge is -2.10. The Hall–Kier alpha value is -4.36. The molecule has 0 saturated heterocycles. The van der Waals surface area contributed by atoms with Crippen molar-refractivity contribution in [2.24, 2.45) is 0 Å². The van der Waals surface area contributed by atoms with Gasteiger partial charge in [-0.1, -0.05) is 24.3 Å². The number of hydrogen-bond acceptors (Lipinski definition) is 8. The second-order valence-electron chi connectivity index (χ2n) is 7.10.